The lowest BCUT2D eigenvalue weighted by Crippen LogP contribution is -2.43. The highest BCUT2D eigenvalue weighted by molar-refractivity contribution is 5.76. The van der Waals surface area contributed by atoms with E-state index in [9.17, 15) is 9.59 Å². The van der Waals surface area contributed by atoms with Crippen molar-refractivity contribution in [1.82, 2.24) is 10.6 Å². The maximum atomic E-state index is 11.4. The minimum atomic E-state index is -1.09. The molecule has 1 unspecified atom stereocenters. The van der Waals surface area contributed by atoms with Crippen LogP contribution in [0.25, 0.3) is 0 Å². The van der Waals surface area contributed by atoms with E-state index in [2.05, 4.69) is 16.7 Å². The summed E-state index contributed by atoms with van der Waals surface area (Å²) in [4.78, 5) is 22.0. The first-order valence-electron chi connectivity index (χ1n) is 6.08. The quantitative estimate of drug-likeness (QED) is 0.590. The molecule has 0 saturated carbocycles. The summed E-state index contributed by atoms with van der Waals surface area (Å²) in [5, 5.41) is 13.9. The monoisotopic (exact) mass is 256 g/mol. The lowest BCUT2D eigenvalue weighted by atomic mass is 10.2. The van der Waals surface area contributed by atoms with Crippen molar-refractivity contribution in [3.05, 3.63) is 11.6 Å². The lowest BCUT2D eigenvalue weighted by molar-refractivity contribution is -0.147. The maximum absolute atomic E-state index is 11.4. The number of aliphatic carboxylic acids is 1. The van der Waals surface area contributed by atoms with E-state index in [-0.39, 0.29) is 12.6 Å². The number of hydrogen-bond acceptors (Lipinski definition) is 3. The third-order valence-corrected chi connectivity index (χ3v) is 2.87. The average molecular weight is 256 g/mol. The van der Waals surface area contributed by atoms with E-state index in [0.717, 1.165) is 19.3 Å². The van der Waals surface area contributed by atoms with Gasteiger partial charge in [-0.15, -0.1) is 0 Å². The van der Waals surface area contributed by atoms with Crippen LogP contribution in [-0.2, 0) is 9.53 Å². The average Bonchev–Trinajstić information content (AvgIpc) is 2.82. The number of nitrogens with one attached hydrogen (secondary N) is 2. The van der Waals surface area contributed by atoms with Gasteiger partial charge in [0.05, 0.1) is 6.54 Å². The summed E-state index contributed by atoms with van der Waals surface area (Å²) in [7, 11) is 1.30. The number of carboxylic acid groups (broad SMARTS) is 1. The van der Waals surface area contributed by atoms with Crippen molar-refractivity contribution in [1.29, 1.82) is 0 Å². The van der Waals surface area contributed by atoms with Gasteiger partial charge in [0, 0.05) is 13.7 Å². The molecule has 2 amide bonds. The van der Waals surface area contributed by atoms with Gasteiger partial charge in [0.25, 0.3) is 0 Å². The summed E-state index contributed by atoms with van der Waals surface area (Å²) in [5.74, 6) is -1.09. The topological polar surface area (TPSA) is 87.7 Å². The van der Waals surface area contributed by atoms with Crippen molar-refractivity contribution in [2.24, 2.45) is 0 Å². The van der Waals surface area contributed by atoms with Crippen LogP contribution in [0.5, 0.6) is 0 Å². The molecule has 0 aromatic carbocycles. The molecule has 0 aliphatic heterocycles. The predicted molar refractivity (Wildman–Crippen MR) is 66.4 cm³/mol. The van der Waals surface area contributed by atoms with Crippen LogP contribution in [0.4, 0.5) is 4.79 Å². The van der Waals surface area contributed by atoms with Gasteiger partial charge in [-0.25, -0.2) is 9.59 Å². The Bertz CT molecular complexity index is 328. The van der Waals surface area contributed by atoms with Crippen molar-refractivity contribution in [2.75, 3.05) is 20.2 Å². The van der Waals surface area contributed by atoms with Crippen LogP contribution in [0.2, 0.25) is 0 Å². The van der Waals surface area contributed by atoms with E-state index >= 15 is 0 Å². The summed E-state index contributed by atoms with van der Waals surface area (Å²) in [6, 6.07) is -0.364. The summed E-state index contributed by atoms with van der Waals surface area (Å²) >= 11 is 0. The molecular formula is C12H20N2O4. The Kier molecular flexibility index (Phi) is 6.21. The number of allylic oxidation sites excluding steroid dienone is 1. The Morgan fingerprint density at radius 1 is 1.50 bits per heavy atom. The zero-order chi connectivity index (χ0) is 13.4. The van der Waals surface area contributed by atoms with Crippen LogP contribution in [0, 0.1) is 0 Å². The SMILES string of the molecule is COC(CNC(=O)NCCC1=CCCC1)C(=O)O. The summed E-state index contributed by atoms with van der Waals surface area (Å²) in [6.07, 6.45) is 5.53. The molecule has 0 spiro atoms. The molecule has 1 aliphatic rings. The Morgan fingerprint density at radius 3 is 2.83 bits per heavy atom. The first kappa shape index (κ1) is 14.5. The van der Waals surface area contributed by atoms with Crippen LogP contribution >= 0.6 is 0 Å². The summed E-state index contributed by atoms with van der Waals surface area (Å²) < 4.78 is 4.70. The van der Waals surface area contributed by atoms with Gasteiger partial charge >= 0.3 is 12.0 Å². The first-order valence-corrected chi connectivity index (χ1v) is 6.08. The van der Waals surface area contributed by atoms with E-state index in [0.29, 0.717) is 6.54 Å². The normalized spacial score (nSPS) is 15.9. The molecule has 1 rings (SSSR count). The second-order valence-electron chi connectivity index (χ2n) is 4.20. The fourth-order valence-electron chi connectivity index (χ4n) is 1.82. The van der Waals surface area contributed by atoms with Crippen molar-refractivity contribution in [3.63, 3.8) is 0 Å². The number of rotatable bonds is 7. The molecule has 102 valence electrons. The van der Waals surface area contributed by atoms with Gasteiger partial charge in [-0.05, 0) is 25.7 Å². The number of carbonyl (C=O) groups is 2. The van der Waals surface area contributed by atoms with Gasteiger partial charge in [-0.2, -0.15) is 0 Å². The number of methoxy groups -OCH3 is 1. The number of carbonyl (C=O) groups excluding carboxylic acids is 1. The molecule has 0 aromatic rings. The predicted octanol–water partition coefficient (Wildman–Crippen LogP) is 0.886. The minimum absolute atomic E-state index is 0.0413. The van der Waals surface area contributed by atoms with E-state index < -0.39 is 12.1 Å². The molecular weight excluding hydrogens is 236 g/mol. The number of ether oxygens (including phenoxy) is 1. The first-order chi connectivity index (χ1) is 8.63. The molecule has 0 saturated heterocycles. The zero-order valence-electron chi connectivity index (χ0n) is 10.6. The van der Waals surface area contributed by atoms with Crippen LogP contribution in [0.3, 0.4) is 0 Å². The molecule has 1 atom stereocenters. The van der Waals surface area contributed by atoms with Gasteiger partial charge in [0.15, 0.2) is 6.10 Å². The minimum Gasteiger partial charge on any atom is -0.479 e. The molecule has 0 bridgehead atoms. The smallest absolute Gasteiger partial charge is 0.334 e. The standard InChI is InChI=1S/C12H20N2O4/c1-18-10(11(15)16)8-14-12(17)13-7-6-9-4-2-3-5-9/h4,10H,2-3,5-8H2,1H3,(H,15,16)(H2,13,14,17). The fourth-order valence-corrected chi connectivity index (χ4v) is 1.82. The van der Waals surface area contributed by atoms with Crippen molar-refractivity contribution in [3.8, 4) is 0 Å². The Balaban J connectivity index is 2.11. The van der Waals surface area contributed by atoms with Gasteiger partial charge < -0.3 is 20.5 Å². The number of hydrogen-bond donors (Lipinski definition) is 3. The Labute approximate surface area is 106 Å². The van der Waals surface area contributed by atoms with E-state index in [4.69, 9.17) is 9.84 Å². The highest BCUT2D eigenvalue weighted by Crippen LogP contribution is 2.19. The van der Waals surface area contributed by atoms with Crippen LogP contribution in [0.15, 0.2) is 11.6 Å². The van der Waals surface area contributed by atoms with Crippen molar-refractivity contribution in [2.45, 2.75) is 31.8 Å². The van der Waals surface area contributed by atoms with Gasteiger partial charge in [0.2, 0.25) is 0 Å². The highest BCUT2D eigenvalue weighted by Gasteiger charge is 2.16. The highest BCUT2D eigenvalue weighted by atomic mass is 16.5. The van der Waals surface area contributed by atoms with Gasteiger partial charge in [-0.3, -0.25) is 0 Å². The van der Waals surface area contributed by atoms with Crippen LogP contribution < -0.4 is 10.6 Å². The maximum Gasteiger partial charge on any atom is 0.334 e. The Hall–Kier alpha value is -1.56. The molecule has 0 fully saturated rings. The largest absolute Gasteiger partial charge is 0.479 e. The Morgan fingerprint density at radius 2 is 2.28 bits per heavy atom. The van der Waals surface area contributed by atoms with E-state index in [1.165, 1.54) is 19.1 Å². The van der Waals surface area contributed by atoms with Gasteiger partial charge in [-0.1, -0.05) is 11.6 Å². The third-order valence-electron chi connectivity index (χ3n) is 2.87. The van der Waals surface area contributed by atoms with Crippen molar-refractivity contribution >= 4 is 12.0 Å². The van der Waals surface area contributed by atoms with E-state index in [1.54, 1.807) is 0 Å². The molecule has 0 aromatic heterocycles. The number of amides is 2. The molecule has 3 N–H and O–H groups in total. The lowest BCUT2D eigenvalue weighted by Gasteiger charge is -2.12. The molecule has 0 radical (unpaired) electrons. The van der Waals surface area contributed by atoms with Crippen LogP contribution in [-0.4, -0.2) is 43.4 Å². The van der Waals surface area contributed by atoms with Crippen LogP contribution in [0.1, 0.15) is 25.7 Å². The number of urea groups is 1. The molecule has 0 heterocycles. The summed E-state index contributed by atoms with van der Waals surface area (Å²) in [6.45, 7) is 0.531. The summed E-state index contributed by atoms with van der Waals surface area (Å²) in [5.41, 5.74) is 1.38. The molecule has 1 aliphatic carbocycles. The van der Waals surface area contributed by atoms with Gasteiger partial charge in [0.1, 0.15) is 0 Å². The van der Waals surface area contributed by atoms with Crippen molar-refractivity contribution < 1.29 is 19.4 Å². The fraction of sp³-hybridized carbons (Fsp3) is 0.667. The number of carboxylic acids is 1. The van der Waals surface area contributed by atoms with E-state index in [1.807, 2.05) is 0 Å². The zero-order valence-corrected chi connectivity index (χ0v) is 10.6. The second-order valence-corrected chi connectivity index (χ2v) is 4.20. The molecule has 6 heteroatoms. The third kappa shape index (κ3) is 5.18. The molecule has 18 heavy (non-hydrogen) atoms. The second kappa shape index (κ2) is 7.71. The molecule has 6 nitrogen and oxygen atoms in total.